The molecule has 78 valence electrons. The van der Waals surface area contributed by atoms with Crippen LogP contribution in [0.4, 0.5) is 5.69 Å². The third-order valence-corrected chi connectivity index (χ3v) is 2.72. The molecule has 0 aliphatic carbocycles. The molecule has 0 bridgehead atoms. The van der Waals surface area contributed by atoms with Gasteiger partial charge in [0.1, 0.15) is 0 Å². The third-order valence-electron chi connectivity index (χ3n) is 2.72. The Kier molecular flexibility index (Phi) is 3.10. The largest absolute Gasteiger partial charge is 0.372 e. The molecule has 1 aromatic rings. The maximum atomic E-state index is 8.20. The van der Waals surface area contributed by atoms with Gasteiger partial charge in [0.2, 0.25) is 0 Å². The van der Waals surface area contributed by atoms with Gasteiger partial charge in [0, 0.05) is 23.7 Å². The molecule has 1 aliphatic heterocycles. The van der Waals surface area contributed by atoms with Crippen LogP contribution in [0.2, 0.25) is 0 Å². The molecule has 2 rings (SSSR count). The topological polar surface area (TPSA) is 52.0 Å². The summed E-state index contributed by atoms with van der Waals surface area (Å²) in [5, 5.41) is 3.54. The summed E-state index contributed by atoms with van der Waals surface area (Å²) >= 11 is 0. The Bertz CT molecular complexity index is 359. The van der Waals surface area contributed by atoms with E-state index in [4.69, 9.17) is 5.53 Å². The van der Waals surface area contributed by atoms with Crippen molar-refractivity contribution in [1.29, 1.82) is 0 Å². The molecule has 4 nitrogen and oxygen atoms in total. The lowest BCUT2D eigenvalue weighted by molar-refractivity contribution is 0.949. The molecule has 0 saturated carbocycles. The summed E-state index contributed by atoms with van der Waals surface area (Å²) in [6, 6.07) is 8.27. The number of nitrogens with zero attached hydrogens (tertiary/aromatic N) is 4. The normalized spacial score (nSPS) is 15.1. The minimum Gasteiger partial charge on any atom is -0.372 e. The second-order valence-corrected chi connectivity index (χ2v) is 3.75. The van der Waals surface area contributed by atoms with E-state index >= 15 is 0 Å². The zero-order valence-corrected chi connectivity index (χ0v) is 8.63. The maximum Gasteiger partial charge on any atom is 0.0510 e. The van der Waals surface area contributed by atoms with Gasteiger partial charge in [-0.15, -0.1) is 0 Å². The monoisotopic (exact) mass is 202 g/mol. The number of benzene rings is 1. The van der Waals surface area contributed by atoms with E-state index in [9.17, 15) is 0 Å². The van der Waals surface area contributed by atoms with E-state index in [0.29, 0.717) is 6.54 Å². The molecule has 0 aromatic heterocycles. The average Bonchev–Trinajstić information content (AvgIpc) is 2.80. The predicted molar refractivity (Wildman–Crippen MR) is 60.7 cm³/mol. The lowest BCUT2D eigenvalue weighted by Gasteiger charge is -2.17. The van der Waals surface area contributed by atoms with Crippen LogP contribution >= 0.6 is 0 Å². The number of rotatable bonds is 3. The second kappa shape index (κ2) is 4.71. The van der Waals surface area contributed by atoms with Crippen LogP contribution in [0.1, 0.15) is 18.4 Å². The molecule has 1 heterocycles. The Morgan fingerprint density at radius 3 is 2.47 bits per heavy atom. The Balaban J connectivity index is 2.05. The van der Waals surface area contributed by atoms with Crippen molar-refractivity contribution in [2.45, 2.75) is 19.4 Å². The van der Waals surface area contributed by atoms with Crippen molar-refractivity contribution in [2.24, 2.45) is 5.11 Å². The first-order valence-electron chi connectivity index (χ1n) is 5.25. The van der Waals surface area contributed by atoms with E-state index in [2.05, 4.69) is 27.1 Å². The van der Waals surface area contributed by atoms with Crippen molar-refractivity contribution < 1.29 is 0 Å². The predicted octanol–water partition coefficient (Wildman–Crippen LogP) is 3.10. The highest BCUT2D eigenvalue weighted by atomic mass is 15.1. The molecule has 0 radical (unpaired) electrons. The molecular weight excluding hydrogens is 188 g/mol. The summed E-state index contributed by atoms with van der Waals surface area (Å²) in [7, 11) is 0. The molecule has 1 fully saturated rings. The van der Waals surface area contributed by atoms with E-state index in [0.717, 1.165) is 18.7 Å². The van der Waals surface area contributed by atoms with Crippen molar-refractivity contribution in [1.82, 2.24) is 0 Å². The van der Waals surface area contributed by atoms with Crippen LogP contribution in [0.15, 0.2) is 29.4 Å². The first-order valence-corrected chi connectivity index (χ1v) is 5.25. The van der Waals surface area contributed by atoms with Crippen molar-refractivity contribution in [3.63, 3.8) is 0 Å². The fourth-order valence-corrected chi connectivity index (χ4v) is 1.90. The van der Waals surface area contributed by atoms with Crippen LogP contribution in [-0.4, -0.2) is 13.1 Å². The van der Waals surface area contributed by atoms with E-state index < -0.39 is 0 Å². The Morgan fingerprint density at radius 2 is 1.87 bits per heavy atom. The molecular formula is C11H14N4. The third kappa shape index (κ3) is 2.42. The van der Waals surface area contributed by atoms with Crippen LogP contribution in [0.3, 0.4) is 0 Å². The standard InChI is InChI=1S/C11H14N4/c12-14-13-9-10-3-5-11(6-4-10)15-7-1-2-8-15/h3-6H,1-2,7-9H2. The Hall–Kier alpha value is -1.67. The van der Waals surface area contributed by atoms with Gasteiger partial charge in [-0.3, -0.25) is 0 Å². The highest BCUT2D eigenvalue weighted by molar-refractivity contribution is 5.48. The summed E-state index contributed by atoms with van der Waals surface area (Å²) in [5.41, 5.74) is 10.5. The number of hydrogen-bond donors (Lipinski definition) is 0. The summed E-state index contributed by atoms with van der Waals surface area (Å²) in [6.07, 6.45) is 2.58. The van der Waals surface area contributed by atoms with Gasteiger partial charge in [0.25, 0.3) is 0 Å². The van der Waals surface area contributed by atoms with Crippen LogP contribution in [0.25, 0.3) is 10.4 Å². The van der Waals surface area contributed by atoms with Crippen molar-refractivity contribution in [2.75, 3.05) is 18.0 Å². The highest BCUT2D eigenvalue weighted by Crippen LogP contribution is 2.20. The van der Waals surface area contributed by atoms with E-state index in [1.54, 1.807) is 0 Å². The summed E-state index contributed by atoms with van der Waals surface area (Å²) in [5.74, 6) is 0. The van der Waals surface area contributed by atoms with Gasteiger partial charge in [0.05, 0.1) is 6.54 Å². The first-order chi connectivity index (χ1) is 7.40. The SMILES string of the molecule is [N-]=[N+]=NCc1ccc(N2CCCC2)cc1. The van der Waals surface area contributed by atoms with Gasteiger partial charge in [-0.1, -0.05) is 17.2 Å². The van der Waals surface area contributed by atoms with Crippen LogP contribution < -0.4 is 4.90 Å². The minimum absolute atomic E-state index is 0.441. The molecule has 1 aromatic carbocycles. The first kappa shape index (κ1) is 9.87. The van der Waals surface area contributed by atoms with Gasteiger partial charge in [-0.05, 0) is 36.1 Å². The fourth-order valence-electron chi connectivity index (χ4n) is 1.90. The Labute approximate surface area is 89.1 Å². The molecule has 1 aliphatic rings. The van der Waals surface area contributed by atoms with Crippen LogP contribution in [0, 0.1) is 0 Å². The minimum atomic E-state index is 0.441. The van der Waals surface area contributed by atoms with Crippen molar-refractivity contribution >= 4 is 5.69 Å². The zero-order valence-electron chi connectivity index (χ0n) is 8.63. The number of anilines is 1. The summed E-state index contributed by atoms with van der Waals surface area (Å²) < 4.78 is 0. The van der Waals surface area contributed by atoms with E-state index in [1.807, 2.05) is 12.1 Å². The summed E-state index contributed by atoms with van der Waals surface area (Å²) in [4.78, 5) is 5.13. The molecule has 0 unspecified atom stereocenters. The van der Waals surface area contributed by atoms with Crippen LogP contribution in [-0.2, 0) is 6.54 Å². The smallest absolute Gasteiger partial charge is 0.0510 e. The van der Waals surface area contributed by atoms with Gasteiger partial charge >= 0.3 is 0 Å². The number of hydrogen-bond acceptors (Lipinski definition) is 2. The fraction of sp³-hybridized carbons (Fsp3) is 0.455. The van der Waals surface area contributed by atoms with Gasteiger partial charge < -0.3 is 4.90 Å². The van der Waals surface area contributed by atoms with Crippen molar-refractivity contribution in [3.8, 4) is 0 Å². The zero-order chi connectivity index (χ0) is 10.5. The van der Waals surface area contributed by atoms with Crippen molar-refractivity contribution in [3.05, 3.63) is 40.3 Å². The molecule has 0 N–H and O–H groups in total. The lowest BCUT2D eigenvalue weighted by atomic mass is 10.2. The molecule has 0 atom stereocenters. The van der Waals surface area contributed by atoms with E-state index in [-0.39, 0.29) is 0 Å². The maximum absolute atomic E-state index is 8.20. The molecule has 0 spiro atoms. The van der Waals surface area contributed by atoms with Gasteiger partial charge in [-0.25, -0.2) is 0 Å². The molecule has 15 heavy (non-hydrogen) atoms. The van der Waals surface area contributed by atoms with E-state index in [1.165, 1.54) is 18.5 Å². The summed E-state index contributed by atoms with van der Waals surface area (Å²) in [6.45, 7) is 2.77. The second-order valence-electron chi connectivity index (χ2n) is 3.75. The van der Waals surface area contributed by atoms with Crippen LogP contribution in [0.5, 0.6) is 0 Å². The highest BCUT2D eigenvalue weighted by Gasteiger charge is 2.11. The van der Waals surface area contributed by atoms with Gasteiger partial charge in [-0.2, -0.15) is 0 Å². The molecule has 1 saturated heterocycles. The molecule has 0 amide bonds. The average molecular weight is 202 g/mol. The van der Waals surface area contributed by atoms with Gasteiger partial charge in [0.15, 0.2) is 0 Å². The Morgan fingerprint density at radius 1 is 1.20 bits per heavy atom. The molecule has 4 heteroatoms. The quantitative estimate of drug-likeness (QED) is 0.422. The lowest BCUT2D eigenvalue weighted by Crippen LogP contribution is -2.17. The number of azide groups is 1.